The first-order valence-corrected chi connectivity index (χ1v) is 10.5. The second kappa shape index (κ2) is 6.61. The molecule has 0 aromatic carbocycles. The summed E-state index contributed by atoms with van der Waals surface area (Å²) >= 11 is 0. The number of pyridine rings is 1. The summed E-state index contributed by atoms with van der Waals surface area (Å²) in [6.45, 7) is 3.79. The van der Waals surface area contributed by atoms with Crippen molar-refractivity contribution < 1.29 is 16.8 Å². The van der Waals surface area contributed by atoms with Crippen LogP contribution in [0.3, 0.4) is 0 Å². The molecule has 7 nitrogen and oxygen atoms in total. The van der Waals surface area contributed by atoms with Crippen LogP contribution in [0, 0.1) is 0 Å². The fraction of sp³-hybridized carbons (Fsp3) is 0.615. The number of nitrogens with zero attached hydrogens (tertiary/aromatic N) is 2. The highest BCUT2D eigenvalue weighted by Crippen LogP contribution is 2.21. The second-order valence-electron chi connectivity index (χ2n) is 5.37. The summed E-state index contributed by atoms with van der Waals surface area (Å²) in [5.74, 6) is 0. The van der Waals surface area contributed by atoms with Crippen molar-refractivity contribution in [3.05, 3.63) is 18.3 Å². The van der Waals surface area contributed by atoms with Crippen LogP contribution >= 0.6 is 0 Å². The Labute approximate surface area is 131 Å². The Balaban J connectivity index is 2.34. The first kappa shape index (κ1) is 17.3. The molecule has 1 aliphatic rings. The monoisotopic (exact) mass is 347 g/mol. The van der Waals surface area contributed by atoms with E-state index in [1.54, 1.807) is 0 Å². The highest BCUT2D eigenvalue weighted by molar-refractivity contribution is 7.90. The van der Waals surface area contributed by atoms with E-state index in [1.165, 1.54) is 16.4 Å². The van der Waals surface area contributed by atoms with Crippen molar-refractivity contribution >= 4 is 19.9 Å². The second-order valence-corrected chi connectivity index (χ2v) is 9.22. The minimum atomic E-state index is -3.67. The zero-order valence-electron chi connectivity index (χ0n) is 12.7. The Morgan fingerprint density at radius 2 is 2.05 bits per heavy atom. The predicted octanol–water partition coefficient (Wildman–Crippen LogP) is 0.248. The van der Waals surface area contributed by atoms with E-state index in [0.717, 1.165) is 25.4 Å². The van der Waals surface area contributed by atoms with Crippen LogP contribution in [-0.4, -0.2) is 58.1 Å². The fourth-order valence-electron chi connectivity index (χ4n) is 2.48. The van der Waals surface area contributed by atoms with Crippen molar-refractivity contribution in [3.63, 3.8) is 0 Å². The Kier molecular flexibility index (Phi) is 5.21. The SMILES string of the molecule is CCCN(C1CCNC1)S(=O)(=O)c1ccc(S(C)(=O)=O)nc1. The van der Waals surface area contributed by atoms with E-state index in [1.807, 2.05) is 6.92 Å². The molecule has 9 heteroatoms. The highest BCUT2D eigenvalue weighted by atomic mass is 32.2. The van der Waals surface area contributed by atoms with Crippen LogP contribution in [0.5, 0.6) is 0 Å². The molecule has 0 spiro atoms. The molecule has 0 saturated carbocycles. The lowest BCUT2D eigenvalue weighted by molar-refractivity contribution is 0.335. The summed E-state index contributed by atoms with van der Waals surface area (Å²) in [5.41, 5.74) is 0. The van der Waals surface area contributed by atoms with Gasteiger partial charge in [0.05, 0.1) is 0 Å². The zero-order valence-corrected chi connectivity index (χ0v) is 14.3. The third kappa shape index (κ3) is 3.65. The molecule has 1 aliphatic heterocycles. The Morgan fingerprint density at radius 1 is 1.32 bits per heavy atom. The molecule has 1 aromatic rings. The van der Waals surface area contributed by atoms with Crippen molar-refractivity contribution in [2.24, 2.45) is 0 Å². The number of aromatic nitrogens is 1. The Hall–Kier alpha value is -1.03. The third-order valence-electron chi connectivity index (χ3n) is 3.58. The normalized spacial score (nSPS) is 19.7. The Bertz CT molecular complexity index is 708. The largest absolute Gasteiger partial charge is 0.315 e. The van der Waals surface area contributed by atoms with Crippen molar-refractivity contribution in [3.8, 4) is 0 Å². The molecule has 1 fully saturated rings. The van der Waals surface area contributed by atoms with Crippen molar-refractivity contribution in [1.82, 2.24) is 14.6 Å². The molecule has 1 saturated heterocycles. The summed E-state index contributed by atoms with van der Waals surface area (Å²) < 4.78 is 49.9. The van der Waals surface area contributed by atoms with Gasteiger partial charge in [0.15, 0.2) is 14.9 Å². The molecule has 1 atom stereocenters. The molecular weight excluding hydrogens is 326 g/mol. The summed E-state index contributed by atoms with van der Waals surface area (Å²) in [6, 6.07) is 2.47. The smallest absolute Gasteiger partial charge is 0.244 e. The summed E-state index contributed by atoms with van der Waals surface area (Å²) in [5, 5.41) is 3.03. The maximum atomic E-state index is 12.8. The fourth-order valence-corrected chi connectivity index (χ4v) is 4.73. The Morgan fingerprint density at radius 3 is 2.50 bits per heavy atom. The molecule has 2 rings (SSSR count). The van der Waals surface area contributed by atoms with Gasteiger partial charge in [-0.1, -0.05) is 6.92 Å². The average Bonchev–Trinajstić information content (AvgIpc) is 2.97. The molecule has 1 N–H and O–H groups in total. The van der Waals surface area contributed by atoms with Crippen molar-refractivity contribution in [2.75, 3.05) is 25.9 Å². The van der Waals surface area contributed by atoms with Crippen molar-refractivity contribution in [2.45, 2.75) is 35.7 Å². The van der Waals surface area contributed by atoms with Crippen LogP contribution in [0.25, 0.3) is 0 Å². The van der Waals surface area contributed by atoms with Crippen LogP contribution < -0.4 is 5.32 Å². The number of sulfonamides is 1. The summed E-state index contributed by atoms with van der Waals surface area (Å²) in [4.78, 5) is 3.80. The van der Waals surface area contributed by atoms with E-state index in [0.29, 0.717) is 19.5 Å². The van der Waals surface area contributed by atoms with Crippen LogP contribution in [-0.2, 0) is 19.9 Å². The number of nitrogens with one attached hydrogen (secondary N) is 1. The van der Waals surface area contributed by atoms with Gasteiger partial charge < -0.3 is 5.32 Å². The van der Waals surface area contributed by atoms with E-state index in [-0.39, 0.29) is 16.0 Å². The molecule has 1 aromatic heterocycles. The van der Waals surface area contributed by atoms with E-state index in [2.05, 4.69) is 10.3 Å². The molecule has 2 heterocycles. The number of sulfone groups is 1. The quantitative estimate of drug-likeness (QED) is 0.792. The summed E-state index contributed by atoms with van der Waals surface area (Å²) in [6.07, 6.45) is 3.65. The number of hydrogen-bond donors (Lipinski definition) is 1. The van der Waals surface area contributed by atoms with E-state index in [4.69, 9.17) is 0 Å². The number of rotatable bonds is 6. The molecule has 0 radical (unpaired) electrons. The maximum Gasteiger partial charge on any atom is 0.244 e. The molecule has 1 unspecified atom stereocenters. The molecule has 0 amide bonds. The van der Waals surface area contributed by atoms with Crippen molar-refractivity contribution in [1.29, 1.82) is 0 Å². The molecular formula is C13H21N3O4S2. The van der Waals surface area contributed by atoms with Crippen LogP contribution in [0.2, 0.25) is 0 Å². The van der Waals surface area contributed by atoms with Gasteiger partial charge in [-0.05, 0) is 31.5 Å². The first-order chi connectivity index (χ1) is 10.3. The van der Waals surface area contributed by atoms with E-state index in [9.17, 15) is 16.8 Å². The number of hydrogen-bond acceptors (Lipinski definition) is 6. The lowest BCUT2D eigenvalue weighted by atomic mass is 10.2. The van der Waals surface area contributed by atoms with Crippen LogP contribution in [0.4, 0.5) is 0 Å². The van der Waals surface area contributed by atoms with Gasteiger partial charge in [0.2, 0.25) is 10.0 Å². The van der Waals surface area contributed by atoms with Gasteiger partial charge in [-0.3, -0.25) is 0 Å². The van der Waals surface area contributed by atoms with Gasteiger partial charge in [0, 0.05) is 31.6 Å². The minimum Gasteiger partial charge on any atom is -0.315 e. The van der Waals surface area contributed by atoms with Gasteiger partial charge in [-0.15, -0.1) is 0 Å². The maximum absolute atomic E-state index is 12.8. The highest BCUT2D eigenvalue weighted by Gasteiger charge is 2.32. The summed E-state index contributed by atoms with van der Waals surface area (Å²) in [7, 11) is -7.11. The molecule has 0 aliphatic carbocycles. The third-order valence-corrected chi connectivity index (χ3v) is 6.52. The van der Waals surface area contributed by atoms with Crippen LogP contribution in [0.1, 0.15) is 19.8 Å². The van der Waals surface area contributed by atoms with E-state index >= 15 is 0 Å². The van der Waals surface area contributed by atoms with Gasteiger partial charge in [-0.2, -0.15) is 4.31 Å². The molecule has 124 valence electrons. The minimum absolute atomic E-state index is 0.0280. The molecule has 22 heavy (non-hydrogen) atoms. The molecule has 0 bridgehead atoms. The van der Waals surface area contributed by atoms with Gasteiger partial charge in [0.25, 0.3) is 0 Å². The van der Waals surface area contributed by atoms with Gasteiger partial charge in [-0.25, -0.2) is 21.8 Å². The first-order valence-electron chi connectivity index (χ1n) is 7.15. The standard InChI is InChI=1S/C13H21N3O4S2/c1-3-8-16(11-6-7-14-9-11)22(19,20)12-4-5-13(15-10-12)21(2,17)18/h4-5,10-11,14H,3,6-9H2,1-2H3. The van der Waals surface area contributed by atoms with E-state index < -0.39 is 19.9 Å². The van der Waals surface area contributed by atoms with Crippen LogP contribution in [0.15, 0.2) is 28.3 Å². The lowest BCUT2D eigenvalue weighted by Crippen LogP contribution is -2.42. The zero-order chi connectivity index (χ0) is 16.4. The lowest BCUT2D eigenvalue weighted by Gasteiger charge is -2.27. The van der Waals surface area contributed by atoms with Gasteiger partial charge in [0.1, 0.15) is 4.90 Å². The van der Waals surface area contributed by atoms with Gasteiger partial charge >= 0.3 is 0 Å². The topological polar surface area (TPSA) is 96.4 Å². The predicted molar refractivity (Wildman–Crippen MR) is 82.8 cm³/mol. The average molecular weight is 347 g/mol.